The van der Waals surface area contributed by atoms with Gasteiger partial charge in [-0.25, -0.2) is 4.98 Å². The van der Waals surface area contributed by atoms with Gasteiger partial charge in [-0.05, 0) is 31.0 Å². The fourth-order valence-corrected chi connectivity index (χ4v) is 2.45. The zero-order valence-electron chi connectivity index (χ0n) is 12.3. The number of hydrogen-bond donors (Lipinski definition) is 2. The quantitative estimate of drug-likeness (QED) is 0.891. The SMILES string of the molecule is CCC(CC)(CN)NC(=O)c1ccc2ccc(Cl)cc2n1. The van der Waals surface area contributed by atoms with E-state index in [0.717, 1.165) is 18.2 Å². The van der Waals surface area contributed by atoms with Crippen LogP contribution in [0.2, 0.25) is 5.02 Å². The molecule has 1 heterocycles. The Balaban J connectivity index is 2.31. The maximum absolute atomic E-state index is 12.4. The lowest BCUT2D eigenvalue weighted by molar-refractivity contribution is 0.0890. The molecule has 0 aliphatic heterocycles. The summed E-state index contributed by atoms with van der Waals surface area (Å²) in [4.78, 5) is 16.8. The molecule has 0 fully saturated rings. The van der Waals surface area contributed by atoms with Crippen molar-refractivity contribution in [2.45, 2.75) is 32.2 Å². The second-order valence-corrected chi connectivity index (χ2v) is 5.62. The van der Waals surface area contributed by atoms with Gasteiger partial charge in [0.05, 0.1) is 11.1 Å². The van der Waals surface area contributed by atoms with Crippen molar-refractivity contribution in [1.29, 1.82) is 0 Å². The van der Waals surface area contributed by atoms with Gasteiger partial charge in [0.1, 0.15) is 5.69 Å². The van der Waals surface area contributed by atoms with Crippen molar-refractivity contribution in [2.75, 3.05) is 6.54 Å². The Morgan fingerprint density at radius 3 is 2.57 bits per heavy atom. The molecule has 21 heavy (non-hydrogen) atoms. The largest absolute Gasteiger partial charge is 0.344 e. The molecular formula is C16H20ClN3O. The third-order valence-electron chi connectivity index (χ3n) is 4.01. The minimum Gasteiger partial charge on any atom is -0.344 e. The summed E-state index contributed by atoms with van der Waals surface area (Å²) in [6.07, 6.45) is 1.57. The highest BCUT2D eigenvalue weighted by Crippen LogP contribution is 2.19. The molecule has 1 aromatic heterocycles. The number of benzene rings is 1. The third kappa shape index (κ3) is 3.34. The van der Waals surface area contributed by atoms with Crippen molar-refractivity contribution < 1.29 is 4.79 Å². The highest BCUT2D eigenvalue weighted by atomic mass is 35.5. The molecular weight excluding hydrogens is 286 g/mol. The van der Waals surface area contributed by atoms with Crippen molar-refractivity contribution in [1.82, 2.24) is 10.3 Å². The topological polar surface area (TPSA) is 68.0 Å². The Bertz CT molecular complexity index is 645. The summed E-state index contributed by atoms with van der Waals surface area (Å²) in [6, 6.07) is 9.03. The van der Waals surface area contributed by atoms with E-state index in [4.69, 9.17) is 17.3 Å². The lowest BCUT2D eigenvalue weighted by atomic mass is 9.93. The smallest absolute Gasteiger partial charge is 0.270 e. The number of nitrogens with two attached hydrogens (primary N) is 1. The summed E-state index contributed by atoms with van der Waals surface area (Å²) in [5, 5.41) is 4.57. The van der Waals surface area contributed by atoms with Crippen LogP contribution in [0, 0.1) is 0 Å². The number of aromatic nitrogens is 1. The first kappa shape index (κ1) is 15.7. The highest BCUT2D eigenvalue weighted by molar-refractivity contribution is 6.31. The molecule has 0 aliphatic carbocycles. The normalized spacial score (nSPS) is 11.6. The van der Waals surface area contributed by atoms with Gasteiger partial charge in [0.2, 0.25) is 0 Å². The number of carbonyl (C=O) groups is 1. The number of fused-ring (bicyclic) bond motifs is 1. The number of rotatable bonds is 5. The molecule has 4 nitrogen and oxygen atoms in total. The predicted octanol–water partition coefficient (Wildman–Crippen LogP) is 3.14. The highest BCUT2D eigenvalue weighted by Gasteiger charge is 2.27. The summed E-state index contributed by atoms with van der Waals surface area (Å²) >= 11 is 5.97. The standard InChI is InChI=1S/C16H20ClN3O/c1-3-16(4-2,10-18)20-15(21)13-8-6-11-5-7-12(17)9-14(11)19-13/h5-9H,3-4,10,18H2,1-2H3,(H,20,21). The predicted molar refractivity (Wildman–Crippen MR) is 86.6 cm³/mol. The lowest BCUT2D eigenvalue weighted by Crippen LogP contribution is -2.53. The fraction of sp³-hybridized carbons (Fsp3) is 0.375. The zero-order valence-corrected chi connectivity index (χ0v) is 13.1. The number of hydrogen-bond acceptors (Lipinski definition) is 3. The van der Waals surface area contributed by atoms with Crippen LogP contribution in [-0.4, -0.2) is 23.0 Å². The van der Waals surface area contributed by atoms with Crippen molar-refractivity contribution in [3.63, 3.8) is 0 Å². The van der Waals surface area contributed by atoms with Crippen LogP contribution in [0.1, 0.15) is 37.2 Å². The maximum atomic E-state index is 12.4. The summed E-state index contributed by atoms with van der Waals surface area (Å²) in [5.41, 5.74) is 6.53. The Labute approximate surface area is 129 Å². The fourth-order valence-electron chi connectivity index (χ4n) is 2.29. The van der Waals surface area contributed by atoms with Gasteiger partial charge in [-0.3, -0.25) is 4.79 Å². The summed E-state index contributed by atoms with van der Waals surface area (Å²) in [6.45, 7) is 4.44. The minimum absolute atomic E-state index is 0.203. The third-order valence-corrected chi connectivity index (χ3v) is 4.24. The van der Waals surface area contributed by atoms with Crippen LogP contribution in [0.15, 0.2) is 30.3 Å². The van der Waals surface area contributed by atoms with Crippen molar-refractivity contribution >= 4 is 28.4 Å². The first-order valence-electron chi connectivity index (χ1n) is 7.12. The van der Waals surface area contributed by atoms with E-state index in [2.05, 4.69) is 10.3 Å². The molecule has 2 rings (SSSR count). The molecule has 0 saturated heterocycles. The molecule has 3 N–H and O–H groups in total. The van der Waals surface area contributed by atoms with Gasteiger partial charge >= 0.3 is 0 Å². The van der Waals surface area contributed by atoms with E-state index < -0.39 is 0 Å². The van der Waals surface area contributed by atoms with Crippen LogP contribution in [0.5, 0.6) is 0 Å². The molecule has 0 bridgehead atoms. The van der Waals surface area contributed by atoms with Gasteiger partial charge in [-0.1, -0.05) is 37.6 Å². The maximum Gasteiger partial charge on any atom is 0.270 e. The van der Waals surface area contributed by atoms with Crippen molar-refractivity contribution in [3.05, 3.63) is 41.0 Å². The Morgan fingerprint density at radius 1 is 1.29 bits per heavy atom. The Kier molecular flexibility index (Phi) is 4.80. The van der Waals surface area contributed by atoms with Gasteiger partial charge in [-0.2, -0.15) is 0 Å². The van der Waals surface area contributed by atoms with E-state index in [-0.39, 0.29) is 11.4 Å². The molecule has 0 radical (unpaired) electrons. The van der Waals surface area contributed by atoms with E-state index >= 15 is 0 Å². The van der Waals surface area contributed by atoms with Crippen LogP contribution in [0.25, 0.3) is 10.9 Å². The van der Waals surface area contributed by atoms with E-state index in [9.17, 15) is 4.79 Å². The number of amides is 1. The Hall–Kier alpha value is -1.65. The van der Waals surface area contributed by atoms with Crippen molar-refractivity contribution in [2.24, 2.45) is 5.73 Å². The number of nitrogens with zero attached hydrogens (tertiary/aromatic N) is 1. The molecule has 112 valence electrons. The number of nitrogens with one attached hydrogen (secondary N) is 1. The van der Waals surface area contributed by atoms with E-state index in [1.54, 1.807) is 18.2 Å². The van der Waals surface area contributed by atoms with Gasteiger partial charge in [0.15, 0.2) is 0 Å². The first-order chi connectivity index (χ1) is 10.0. The second-order valence-electron chi connectivity index (χ2n) is 5.18. The molecule has 0 aliphatic rings. The summed E-state index contributed by atoms with van der Waals surface area (Å²) < 4.78 is 0. The molecule has 0 spiro atoms. The van der Waals surface area contributed by atoms with E-state index in [0.29, 0.717) is 22.8 Å². The average Bonchev–Trinajstić information content (AvgIpc) is 2.51. The summed E-state index contributed by atoms with van der Waals surface area (Å²) in [7, 11) is 0. The van der Waals surface area contributed by atoms with Gasteiger partial charge in [-0.15, -0.1) is 0 Å². The molecule has 1 aromatic carbocycles. The molecule has 5 heteroatoms. The number of carbonyl (C=O) groups excluding carboxylic acids is 1. The molecule has 0 saturated carbocycles. The van der Waals surface area contributed by atoms with E-state index in [1.807, 2.05) is 26.0 Å². The van der Waals surface area contributed by atoms with E-state index in [1.165, 1.54) is 0 Å². The van der Waals surface area contributed by atoms with Crippen molar-refractivity contribution in [3.8, 4) is 0 Å². The lowest BCUT2D eigenvalue weighted by Gasteiger charge is -2.31. The second kappa shape index (κ2) is 6.41. The van der Waals surface area contributed by atoms with Crippen LogP contribution < -0.4 is 11.1 Å². The molecule has 0 unspecified atom stereocenters. The molecule has 2 aromatic rings. The molecule has 1 amide bonds. The first-order valence-corrected chi connectivity index (χ1v) is 7.50. The van der Waals surface area contributed by atoms with Crippen LogP contribution in [0.3, 0.4) is 0 Å². The summed E-state index contributed by atoms with van der Waals surface area (Å²) in [5.74, 6) is -0.203. The van der Waals surface area contributed by atoms with Crippen LogP contribution >= 0.6 is 11.6 Å². The average molecular weight is 306 g/mol. The van der Waals surface area contributed by atoms with Gasteiger partial charge in [0.25, 0.3) is 5.91 Å². The van der Waals surface area contributed by atoms with Gasteiger partial charge in [0, 0.05) is 17.0 Å². The number of pyridine rings is 1. The monoisotopic (exact) mass is 305 g/mol. The van der Waals surface area contributed by atoms with Gasteiger partial charge < -0.3 is 11.1 Å². The zero-order chi connectivity index (χ0) is 15.5. The minimum atomic E-state index is -0.373. The molecule has 0 atom stereocenters. The van der Waals surface area contributed by atoms with Crippen LogP contribution in [-0.2, 0) is 0 Å². The Morgan fingerprint density at radius 2 is 1.95 bits per heavy atom. The van der Waals surface area contributed by atoms with Crippen LogP contribution in [0.4, 0.5) is 0 Å². The number of halogens is 1.